The number of ether oxygens (including phenoxy) is 1. The predicted molar refractivity (Wildman–Crippen MR) is 50.3 cm³/mol. The zero-order chi connectivity index (χ0) is 10.7. The van der Waals surface area contributed by atoms with Crippen molar-refractivity contribution >= 4 is 29.2 Å². The van der Waals surface area contributed by atoms with Crippen LogP contribution in [0.4, 0.5) is 0 Å². The molecule has 0 amide bonds. The molecule has 1 heterocycles. The Labute approximate surface area is 90.0 Å². The molecule has 0 spiro atoms. The average molecular weight is 231 g/mol. The smallest absolute Gasteiger partial charge is 0.341 e. The van der Waals surface area contributed by atoms with Crippen molar-refractivity contribution in [2.24, 2.45) is 0 Å². The second kappa shape index (κ2) is 4.27. The Kier molecular flexibility index (Phi) is 3.28. The Morgan fingerprint density at radius 1 is 1.64 bits per heavy atom. The summed E-state index contributed by atoms with van der Waals surface area (Å²) in [6.45, 7) is 0. The summed E-state index contributed by atoms with van der Waals surface area (Å²) in [5.41, 5.74) is -0.00801. The number of esters is 1. The summed E-state index contributed by atoms with van der Waals surface area (Å²) in [7, 11) is 1.21. The molecule has 0 fully saturated rings. The van der Waals surface area contributed by atoms with Gasteiger partial charge in [0.25, 0.3) is 0 Å². The van der Waals surface area contributed by atoms with Crippen molar-refractivity contribution in [2.45, 2.75) is 0 Å². The Bertz CT molecular complexity index is 426. The van der Waals surface area contributed by atoms with Crippen molar-refractivity contribution < 1.29 is 9.53 Å². The van der Waals surface area contributed by atoms with E-state index in [0.717, 1.165) is 6.20 Å². The van der Waals surface area contributed by atoms with E-state index in [9.17, 15) is 4.79 Å². The van der Waals surface area contributed by atoms with Crippen LogP contribution >= 0.6 is 23.2 Å². The van der Waals surface area contributed by atoms with Crippen molar-refractivity contribution in [3.05, 3.63) is 27.5 Å². The number of methoxy groups -OCH3 is 1. The van der Waals surface area contributed by atoms with Gasteiger partial charge in [-0.15, -0.1) is 0 Å². The molecule has 0 aromatic carbocycles. The van der Waals surface area contributed by atoms with Gasteiger partial charge < -0.3 is 4.74 Å². The Morgan fingerprint density at radius 3 is 2.79 bits per heavy atom. The molecule has 0 saturated carbocycles. The van der Waals surface area contributed by atoms with Crippen LogP contribution in [0.15, 0.2) is 6.20 Å². The first-order valence-corrected chi connectivity index (χ1v) is 4.19. The van der Waals surface area contributed by atoms with Crippen LogP contribution in [-0.2, 0) is 4.74 Å². The van der Waals surface area contributed by atoms with E-state index in [2.05, 4.69) is 9.72 Å². The van der Waals surface area contributed by atoms with Gasteiger partial charge in [-0.2, -0.15) is 5.26 Å². The molecule has 0 aliphatic rings. The third-order valence-electron chi connectivity index (χ3n) is 1.49. The summed E-state index contributed by atoms with van der Waals surface area (Å²) in [6.07, 6.45) is 1.16. The van der Waals surface area contributed by atoms with E-state index in [1.165, 1.54) is 7.11 Å². The first-order valence-electron chi connectivity index (χ1n) is 3.44. The molecular formula is C8H4Cl2N2O2. The molecule has 1 aromatic rings. The first kappa shape index (κ1) is 10.8. The number of halogens is 2. The third-order valence-corrected chi connectivity index (χ3v) is 2.17. The molecule has 0 radical (unpaired) electrons. The molecule has 6 heteroatoms. The second-order valence-corrected chi connectivity index (χ2v) is 2.99. The van der Waals surface area contributed by atoms with Crippen LogP contribution < -0.4 is 0 Å². The molecule has 4 nitrogen and oxygen atoms in total. The minimum Gasteiger partial charge on any atom is -0.465 e. The fourth-order valence-electron chi connectivity index (χ4n) is 0.815. The number of hydrogen-bond donors (Lipinski definition) is 0. The summed E-state index contributed by atoms with van der Waals surface area (Å²) in [4.78, 5) is 14.8. The Morgan fingerprint density at radius 2 is 2.29 bits per heavy atom. The van der Waals surface area contributed by atoms with Crippen LogP contribution in [0.1, 0.15) is 15.9 Å². The number of rotatable bonds is 1. The molecule has 0 bridgehead atoms. The summed E-state index contributed by atoms with van der Waals surface area (Å²) in [5.74, 6) is -0.657. The van der Waals surface area contributed by atoms with Crippen LogP contribution in [0.2, 0.25) is 10.2 Å². The summed E-state index contributed by atoms with van der Waals surface area (Å²) in [5, 5.41) is 8.59. The maximum atomic E-state index is 11.1. The topological polar surface area (TPSA) is 63.0 Å². The monoisotopic (exact) mass is 230 g/mol. The van der Waals surface area contributed by atoms with Crippen LogP contribution in [0.5, 0.6) is 0 Å². The largest absolute Gasteiger partial charge is 0.465 e. The van der Waals surface area contributed by atoms with Gasteiger partial charge in [0.1, 0.15) is 16.8 Å². The van der Waals surface area contributed by atoms with E-state index in [1.54, 1.807) is 6.07 Å². The fraction of sp³-hybridized carbons (Fsp3) is 0.125. The standard InChI is InChI=1S/C8H4Cl2N2O2/c1-14-8(13)5-3-12-7(10)4(2-11)6(5)9/h3H,1H3. The molecule has 0 aliphatic heterocycles. The highest BCUT2D eigenvalue weighted by atomic mass is 35.5. The van der Waals surface area contributed by atoms with Gasteiger partial charge in [-0.1, -0.05) is 23.2 Å². The molecule has 0 saturated heterocycles. The third kappa shape index (κ3) is 1.79. The number of nitriles is 1. The van der Waals surface area contributed by atoms with Crippen LogP contribution in [0.3, 0.4) is 0 Å². The molecule has 14 heavy (non-hydrogen) atoms. The molecule has 0 atom stereocenters. The number of carbonyl (C=O) groups is 1. The van der Waals surface area contributed by atoms with Crippen LogP contribution in [0, 0.1) is 11.3 Å². The van der Waals surface area contributed by atoms with E-state index in [0.29, 0.717) is 0 Å². The van der Waals surface area contributed by atoms with Gasteiger partial charge in [-0.3, -0.25) is 0 Å². The average Bonchev–Trinajstić information content (AvgIpc) is 2.18. The lowest BCUT2D eigenvalue weighted by molar-refractivity contribution is 0.0600. The zero-order valence-corrected chi connectivity index (χ0v) is 8.56. The number of aromatic nitrogens is 1. The SMILES string of the molecule is COC(=O)c1cnc(Cl)c(C#N)c1Cl. The lowest BCUT2D eigenvalue weighted by Crippen LogP contribution is -2.04. The van der Waals surface area contributed by atoms with E-state index < -0.39 is 5.97 Å². The predicted octanol–water partition coefficient (Wildman–Crippen LogP) is 2.05. The highest BCUT2D eigenvalue weighted by molar-refractivity contribution is 6.37. The number of pyridine rings is 1. The number of hydrogen-bond acceptors (Lipinski definition) is 4. The minimum absolute atomic E-state index is 0.0233. The van der Waals surface area contributed by atoms with Gasteiger partial charge in [0.05, 0.1) is 17.7 Å². The molecule has 1 aromatic heterocycles. The highest BCUT2D eigenvalue weighted by Gasteiger charge is 2.17. The summed E-state index contributed by atoms with van der Waals surface area (Å²) >= 11 is 11.3. The van der Waals surface area contributed by atoms with E-state index in [1.807, 2.05) is 0 Å². The Balaban J connectivity index is 3.37. The molecule has 0 aliphatic carbocycles. The zero-order valence-electron chi connectivity index (χ0n) is 7.04. The summed E-state index contributed by atoms with van der Waals surface area (Å²) < 4.78 is 4.44. The van der Waals surface area contributed by atoms with Gasteiger partial charge in [-0.05, 0) is 0 Å². The molecule has 72 valence electrons. The lowest BCUT2D eigenvalue weighted by atomic mass is 10.2. The van der Waals surface area contributed by atoms with E-state index in [4.69, 9.17) is 28.5 Å². The normalized spacial score (nSPS) is 9.29. The van der Waals surface area contributed by atoms with Gasteiger partial charge in [0.2, 0.25) is 0 Å². The van der Waals surface area contributed by atoms with Crippen molar-refractivity contribution in [1.29, 1.82) is 5.26 Å². The maximum absolute atomic E-state index is 11.1. The Hall–Kier alpha value is -1.31. The minimum atomic E-state index is -0.657. The van der Waals surface area contributed by atoms with Gasteiger partial charge in [-0.25, -0.2) is 9.78 Å². The van der Waals surface area contributed by atoms with Gasteiger partial charge >= 0.3 is 5.97 Å². The maximum Gasteiger partial charge on any atom is 0.341 e. The van der Waals surface area contributed by atoms with Crippen LogP contribution in [-0.4, -0.2) is 18.1 Å². The number of nitrogens with zero attached hydrogens (tertiary/aromatic N) is 2. The summed E-state index contributed by atoms with van der Waals surface area (Å²) in [6, 6.07) is 1.75. The number of carbonyl (C=O) groups excluding carboxylic acids is 1. The molecule has 1 rings (SSSR count). The molecular weight excluding hydrogens is 227 g/mol. The van der Waals surface area contributed by atoms with Crippen molar-refractivity contribution in [2.75, 3.05) is 7.11 Å². The van der Waals surface area contributed by atoms with Crippen molar-refractivity contribution in [3.8, 4) is 6.07 Å². The quantitative estimate of drug-likeness (QED) is 0.548. The van der Waals surface area contributed by atoms with Crippen molar-refractivity contribution in [1.82, 2.24) is 4.98 Å². The van der Waals surface area contributed by atoms with Crippen LogP contribution in [0.25, 0.3) is 0 Å². The second-order valence-electron chi connectivity index (χ2n) is 2.26. The molecule has 0 N–H and O–H groups in total. The van der Waals surface area contributed by atoms with Gasteiger partial charge in [0.15, 0.2) is 0 Å². The highest BCUT2D eigenvalue weighted by Crippen LogP contribution is 2.25. The fourth-order valence-corrected chi connectivity index (χ4v) is 1.31. The molecule has 0 unspecified atom stereocenters. The van der Waals surface area contributed by atoms with E-state index >= 15 is 0 Å². The van der Waals surface area contributed by atoms with E-state index in [-0.39, 0.29) is 21.3 Å². The lowest BCUT2D eigenvalue weighted by Gasteiger charge is -2.03. The van der Waals surface area contributed by atoms with Crippen molar-refractivity contribution in [3.63, 3.8) is 0 Å². The van der Waals surface area contributed by atoms with Gasteiger partial charge in [0, 0.05) is 6.20 Å². The first-order chi connectivity index (χ1) is 6.61.